The van der Waals surface area contributed by atoms with Gasteiger partial charge in [0, 0.05) is 5.56 Å². The van der Waals surface area contributed by atoms with Crippen molar-refractivity contribution in [3.63, 3.8) is 0 Å². The largest absolute Gasteiger partial charge is 0.496 e. The van der Waals surface area contributed by atoms with Gasteiger partial charge in [-0.1, -0.05) is 6.42 Å². The Labute approximate surface area is 115 Å². The van der Waals surface area contributed by atoms with Crippen LogP contribution < -0.4 is 4.74 Å². The molecule has 0 aromatic heterocycles. The lowest BCUT2D eigenvalue weighted by Crippen LogP contribution is -2.34. The number of hydrogen-bond acceptors (Lipinski definition) is 3. The molecule has 1 fully saturated rings. The third-order valence-corrected chi connectivity index (χ3v) is 3.86. The molecule has 104 valence electrons. The van der Waals surface area contributed by atoms with Gasteiger partial charge in [0.1, 0.15) is 5.75 Å². The molecule has 0 aliphatic carbocycles. The van der Waals surface area contributed by atoms with Crippen molar-refractivity contribution in [1.29, 1.82) is 0 Å². The van der Waals surface area contributed by atoms with Crippen LogP contribution in [0, 0.1) is 13.8 Å². The van der Waals surface area contributed by atoms with Crippen LogP contribution in [0.25, 0.3) is 0 Å². The second-order valence-electron chi connectivity index (χ2n) is 5.40. The lowest BCUT2D eigenvalue weighted by atomic mass is 10.00. The average molecular weight is 261 g/mol. The molecule has 2 rings (SSSR count). The highest BCUT2D eigenvalue weighted by Gasteiger charge is 2.17. The first-order valence-electron chi connectivity index (χ1n) is 7.02. The van der Waals surface area contributed by atoms with Gasteiger partial charge >= 0.3 is 0 Å². The second kappa shape index (κ2) is 6.20. The summed E-state index contributed by atoms with van der Waals surface area (Å²) in [6.07, 6.45) is 3.73. The van der Waals surface area contributed by atoms with E-state index in [1.165, 1.54) is 19.3 Å². The number of likely N-dealkylation sites (tertiary alicyclic amines) is 1. The molecule has 0 N–H and O–H groups in total. The summed E-state index contributed by atoms with van der Waals surface area (Å²) in [7, 11) is 1.66. The van der Waals surface area contributed by atoms with E-state index in [0.29, 0.717) is 6.54 Å². The van der Waals surface area contributed by atoms with Crippen molar-refractivity contribution in [3.05, 3.63) is 28.8 Å². The van der Waals surface area contributed by atoms with Crippen LogP contribution in [0.1, 0.15) is 40.7 Å². The number of carbonyl (C=O) groups excluding carboxylic acids is 1. The van der Waals surface area contributed by atoms with Crippen LogP contribution >= 0.6 is 0 Å². The fourth-order valence-electron chi connectivity index (χ4n) is 2.72. The third-order valence-electron chi connectivity index (χ3n) is 3.86. The quantitative estimate of drug-likeness (QED) is 0.780. The highest BCUT2D eigenvalue weighted by Crippen LogP contribution is 2.23. The van der Waals surface area contributed by atoms with Gasteiger partial charge in [-0.25, -0.2) is 0 Å². The summed E-state index contributed by atoms with van der Waals surface area (Å²) in [6, 6.07) is 3.92. The Morgan fingerprint density at radius 2 is 1.84 bits per heavy atom. The maximum atomic E-state index is 12.4. The Bertz CT molecular complexity index is 462. The van der Waals surface area contributed by atoms with Gasteiger partial charge < -0.3 is 4.74 Å². The molecule has 0 saturated carbocycles. The van der Waals surface area contributed by atoms with Crippen LogP contribution in [0.5, 0.6) is 5.75 Å². The van der Waals surface area contributed by atoms with E-state index in [2.05, 4.69) is 4.90 Å². The Morgan fingerprint density at radius 3 is 2.47 bits per heavy atom. The van der Waals surface area contributed by atoms with Gasteiger partial charge in [0.05, 0.1) is 13.7 Å². The molecule has 1 aliphatic rings. The summed E-state index contributed by atoms with van der Waals surface area (Å²) in [5.74, 6) is 1.08. The summed E-state index contributed by atoms with van der Waals surface area (Å²) in [5.41, 5.74) is 2.86. The minimum atomic E-state index is 0.227. The number of piperidine rings is 1. The Morgan fingerprint density at radius 1 is 1.16 bits per heavy atom. The van der Waals surface area contributed by atoms with Crippen molar-refractivity contribution in [3.8, 4) is 5.75 Å². The van der Waals surface area contributed by atoms with Crippen molar-refractivity contribution in [2.75, 3.05) is 26.7 Å². The summed E-state index contributed by atoms with van der Waals surface area (Å²) in [5, 5.41) is 0. The van der Waals surface area contributed by atoms with Crippen molar-refractivity contribution in [1.82, 2.24) is 4.90 Å². The Kier molecular flexibility index (Phi) is 4.59. The molecule has 0 bridgehead atoms. The molecule has 1 saturated heterocycles. The average Bonchev–Trinajstić information content (AvgIpc) is 2.42. The van der Waals surface area contributed by atoms with Crippen molar-refractivity contribution in [2.24, 2.45) is 0 Å². The topological polar surface area (TPSA) is 29.5 Å². The maximum absolute atomic E-state index is 12.4. The number of rotatable bonds is 4. The number of ketones is 1. The van der Waals surface area contributed by atoms with E-state index in [9.17, 15) is 4.79 Å². The molecule has 0 spiro atoms. The number of ether oxygens (including phenoxy) is 1. The van der Waals surface area contributed by atoms with E-state index in [1.54, 1.807) is 7.11 Å². The van der Waals surface area contributed by atoms with Crippen molar-refractivity contribution < 1.29 is 9.53 Å². The molecule has 0 amide bonds. The molecule has 1 aromatic carbocycles. The molecule has 0 atom stereocenters. The Balaban J connectivity index is 2.12. The predicted octanol–water partition coefficient (Wildman–Crippen LogP) is 2.98. The van der Waals surface area contributed by atoms with Crippen LogP contribution in [-0.4, -0.2) is 37.4 Å². The first-order valence-corrected chi connectivity index (χ1v) is 7.02. The highest BCUT2D eigenvalue weighted by atomic mass is 16.5. The Hall–Kier alpha value is -1.35. The molecule has 3 nitrogen and oxygen atoms in total. The van der Waals surface area contributed by atoms with Crippen LogP contribution in [0.3, 0.4) is 0 Å². The molecular weight excluding hydrogens is 238 g/mol. The minimum Gasteiger partial charge on any atom is -0.496 e. The van der Waals surface area contributed by atoms with E-state index in [1.807, 2.05) is 26.0 Å². The van der Waals surface area contributed by atoms with Gasteiger partial charge in [-0.3, -0.25) is 9.69 Å². The van der Waals surface area contributed by atoms with E-state index >= 15 is 0 Å². The highest BCUT2D eigenvalue weighted by molar-refractivity contribution is 5.99. The maximum Gasteiger partial charge on any atom is 0.177 e. The fourth-order valence-corrected chi connectivity index (χ4v) is 2.72. The minimum absolute atomic E-state index is 0.227. The van der Waals surface area contributed by atoms with Crippen molar-refractivity contribution >= 4 is 5.78 Å². The number of benzene rings is 1. The number of carbonyl (C=O) groups is 1. The van der Waals surface area contributed by atoms with Gasteiger partial charge in [-0.2, -0.15) is 0 Å². The number of nitrogens with zero attached hydrogens (tertiary/aromatic N) is 1. The molecule has 3 heteroatoms. The van der Waals surface area contributed by atoms with Gasteiger partial charge in [-0.05, 0) is 63.0 Å². The van der Waals surface area contributed by atoms with Gasteiger partial charge in [0.2, 0.25) is 0 Å². The van der Waals surface area contributed by atoms with Gasteiger partial charge in [0.25, 0.3) is 0 Å². The van der Waals surface area contributed by atoms with Gasteiger partial charge in [-0.15, -0.1) is 0 Å². The van der Waals surface area contributed by atoms with Crippen LogP contribution in [0.2, 0.25) is 0 Å². The lowest BCUT2D eigenvalue weighted by Gasteiger charge is -2.25. The third kappa shape index (κ3) is 3.35. The molecular formula is C16H23NO2. The smallest absolute Gasteiger partial charge is 0.177 e. The first kappa shape index (κ1) is 14.1. The summed E-state index contributed by atoms with van der Waals surface area (Å²) >= 11 is 0. The zero-order chi connectivity index (χ0) is 13.8. The van der Waals surface area contributed by atoms with E-state index in [-0.39, 0.29) is 5.78 Å². The van der Waals surface area contributed by atoms with Crippen LogP contribution in [0.4, 0.5) is 0 Å². The normalized spacial score (nSPS) is 16.4. The fraction of sp³-hybridized carbons (Fsp3) is 0.562. The van der Waals surface area contributed by atoms with E-state index in [4.69, 9.17) is 4.74 Å². The standard InChI is InChI=1S/C16H23NO2/c1-12-10-16(19-3)13(2)9-14(12)15(18)11-17-7-5-4-6-8-17/h9-10H,4-8,11H2,1-3H3. The summed E-state index contributed by atoms with van der Waals surface area (Å²) < 4.78 is 5.29. The van der Waals surface area contributed by atoms with Gasteiger partial charge in [0.15, 0.2) is 5.78 Å². The molecule has 0 radical (unpaired) electrons. The molecule has 0 unspecified atom stereocenters. The number of methoxy groups -OCH3 is 1. The van der Waals surface area contributed by atoms with E-state index in [0.717, 1.165) is 35.5 Å². The second-order valence-corrected chi connectivity index (χ2v) is 5.40. The molecule has 1 aromatic rings. The van der Waals surface area contributed by atoms with Crippen LogP contribution in [-0.2, 0) is 0 Å². The number of aryl methyl sites for hydroxylation is 2. The molecule has 19 heavy (non-hydrogen) atoms. The molecule has 1 heterocycles. The molecule has 1 aliphatic heterocycles. The number of hydrogen-bond donors (Lipinski definition) is 0. The zero-order valence-electron chi connectivity index (χ0n) is 12.2. The van der Waals surface area contributed by atoms with Crippen molar-refractivity contribution in [2.45, 2.75) is 33.1 Å². The number of Topliss-reactive ketones (excluding diaryl/α,β-unsaturated/α-hetero) is 1. The van der Waals surface area contributed by atoms with E-state index < -0.39 is 0 Å². The zero-order valence-corrected chi connectivity index (χ0v) is 12.2. The SMILES string of the molecule is COc1cc(C)c(C(=O)CN2CCCCC2)cc1C. The lowest BCUT2D eigenvalue weighted by molar-refractivity contribution is 0.0915. The predicted molar refractivity (Wildman–Crippen MR) is 77.1 cm³/mol. The monoisotopic (exact) mass is 261 g/mol. The first-order chi connectivity index (χ1) is 9.11. The summed E-state index contributed by atoms with van der Waals surface area (Å²) in [6.45, 7) is 6.62. The van der Waals surface area contributed by atoms with Crippen LogP contribution in [0.15, 0.2) is 12.1 Å². The summed E-state index contributed by atoms with van der Waals surface area (Å²) in [4.78, 5) is 14.7.